The van der Waals surface area contributed by atoms with Crippen LogP contribution in [0.4, 0.5) is 0 Å². The van der Waals surface area contributed by atoms with Gasteiger partial charge in [0, 0.05) is 0 Å². The molecule has 0 N–H and O–H groups in total. The van der Waals surface area contributed by atoms with Crippen LogP contribution in [-0.4, -0.2) is 53.2 Å². The molecule has 0 aromatic carbocycles. The first-order valence-electron chi connectivity index (χ1n) is 6.64. The van der Waals surface area contributed by atoms with E-state index in [0.29, 0.717) is 12.8 Å². The molecule has 0 aliphatic heterocycles. The molecule has 0 spiro atoms. The summed E-state index contributed by atoms with van der Waals surface area (Å²) in [5.41, 5.74) is 0. The van der Waals surface area contributed by atoms with Crippen molar-refractivity contribution in [2.75, 3.05) is 0 Å². The predicted octanol–water partition coefficient (Wildman–Crippen LogP) is 3.06. The van der Waals surface area contributed by atoms with Crippen LogP contribution in [0.2, 0.25) is 51.4 Å². The van der Waals surface area contributed by atoms with Crippen LogP contribution in [0.5, 0.6) is 0 Å². The van der Waals surface area contributed by atoms with Crippen molar-refractivity contribution >= 4 is 53.2 Å². The summed E-state index contributed by atoms with van der Waals surface area (Å²) in [6.45, 7) is 13.3. The molecule has 0 aliphatic carbocycles. The Hall–Kier alpha value is 0.296. The van der Waals surface area contributed by atoms with Crippen molar-refractivity contribution in [2.24, 2.45) is 0 Å². The zero-order valence-corrected chi connectivity index (χ0v) is 18.8. The van der Waals surface area contributed by atoms with E-state index < -0.39 is 41.3 Å². The van der Waals surface area contributed by atoms with Crippen molar-refractivity contribution in [1.29, 1.82) is 0 Å². The van der Waals surface area contributed by atoms with Crippen molar-refractivity contribution in [3.05, 3.63) is 0 Å². The number of carbonyl (C=O) groups excluding carboxylic acids is 2. The number of rotatable bonds is 8. The van der Waals surface area contributed by atoms with Gasteiger partial charge in [-0.1, -0.05) is 0 Å². The van der Waals surface area contributed by atoms with E-state index in [1.165, 1.54) is 0 Å². The molecule has 0 fully saturated rings. The molecule has 0 rings (SSSR count). The SMILES string of the molecule is C[Si](C)(C)CCC(=O)[O][Pb][O]C(=O)CC[Si](C)(C)C. The van der Waals surface area contributed by atoms with Crippen LogP contribution in [0.3, 0.4) is 0 Å². The topological polar surface area (TPSA) is 52.6 Å². The van der Waals surface area contributed by atoms with E-state index in [2.05, 4.69) is 39.3 Å². The van der Waals surface area contributed by atoms with E-state index >= 15 is 0 Å². The quantitative estimate of drug-likeness (QED) is 0.484. The summed E-state index contributed by atoms with van der Waals surface area (Å²) in [4.78, 5) is 22.9. The normalized spacial score (nSPS) is 12.1. The maximum absolute atomic E-state index is 11.5. The molecule has 110 valence electrons. The van der Waals surface area contributed by atoms with Crippen molar-refractivity contribution in [3.63, 3.8) is 0 Å². The van der Waals surface area contributed by atoms with E-state index in [1.54, 1.807) is 0 Å². The van der Waals surface area contributed by atoms with Gasteiger partial charge in [0.15, 0.2) is 0 Å². The number of hydrogen-bond donors (Lipinski definition) is 0. The Kier molecular flexibility index (Phi) is 8.69. The van der Waals surface area contributed by atoms with Crippen LogP contribution in [0.25, 0.3) is 0 Å². The second kappa shape index (κ2) is 8.55. The molecule has 0 aromatic heterocycles. The Bertz CT molecular complexity index is 278. The van der Waals surface area contributed by atoms with Gasteiger partial charge in [-0.3, -0.25) is 0 Å². The van der Waals surface area contributed by atoms with Gasteiger partial charge in [0.1, 0.15) is 0 Å². The standard InChI is InChI=1S/2C6H14O2Si.Pb/c2*1-9(2,3)5-4-6(7)8;/h2*4-5H2,1-3H3,(H,7,8);/q;;+2/p-2. The van der Waals surface area contributed by atoms with Gasteiger partial charge in [0.2, 0.25) is 0 Å². The Morgan fingerprint density at radius 3 is 1.37 bits per heavy atom. The van der Waals surface area contributed by atoms with Gasteiger partial charge in [0.25, 0.3) is 0 Å². The van der Waals surface area contributed by atoms with E-state index in [4.69, 9.17) is 5.37 Å². The first-order chi connectivity index (χ1) is 8.49. The Balaban J connectivity index is 3.68. The molecule has 0 atom stereocenters. The van der Waals surface area contributed by atoms with Crippen molar-refractivity contribution < 1.29 is 15.0 Å². The average molecular weight is 498 g/mol. The summed E-state index contributed by atoms with van der Waals surface area (Å²) in [5, 5.41) is 0. The van der Waals surface area contributed by atoms with E-state index in [-0.39, 0.29) is 11.9 Å². The van der Waals surface area contributed by atoms with Gasteiger partial charge < -0.3 is 0 Å². The van der Waals surface area contributed by atoms with Gasteiger partial charge in [0.05, 0.1) is 0 Å². The zero-order chi connectivity index (χ0) is 15.1. The number of hydrogen-bond acceptors (Lipinski definition) is 4. The molecule has 4 nitrogen and oxygen atoms in total. The third-order valence-corrected chi connectivity index (χ3v) is 8.39. The van der Waals surface area contributed by atoms with Crippen LogP contribution >= 0.6 is 0 Å². The Labute approximate surface area is 132 Å². The summed E-state index contributed by atoms with van der Waals surface area (Å²) >= 11 is -1.98. The molecule has 0 bridgehead atoms. The van der Waals surface area contributed by atoms with E-state index in [0.717, 1.165) is 12.1 Å². The molecule has 0 aliphatic rings. The van der Waals surface area contributed by atoms with Crippen molar-refractivity contribution in [2.45, 2.75) is 64.2 Å². The summed E-state index contributed by atoms with van der Waals surface area (Å²) in [5.74, 6) is -0.382. The molecule has 0 aromatic rings. The van der Waals surface area contributed by atoms with Crippen LogP contribution < -0.4 is 0 Å². The average Bonchev–Trinajstić information content (AvgIpc) is 2.22. The van der Waals surface area contributed by atoms with Gasteiger partial charge >= 0.3 is 132 Å². The van der Waals surface area contributed by atoms with Gasteiger partial charge in [-0.05, 0) is 0 Å². The summed E-state index contributed by atoms with van der Waals surface area (Å²) < 4.78 is 10.2. The molecular weight excluding hydrogens is 472 g/mol. The predicted molar refractivity (Wildman–Crippen MR) is 83.5 cm³/mol. The summed E-state index contributed by atoms with van der Waals surface area (Å²) in [7, 11) is -2.39. The van der Waals surface area contributed by atoms with E-state index in [9.17, 15) is 9.59 Å². The molecule has 0 saturated heterocycles. The molecule has 0 unspecified atom stereocenters. The summed E-state index contributed by atoms with van der Waals surface area (Å²) in [6.07, 6.45) is 0.935. The van der Waals surface area contributed by atoms with Crippen LogP contribution in [-0.2, 0) is 15.0 Å². The Morgan fingerprint density at radius 2 is 1.11 bits per heavy atom. The Morgan fingerprint density at radius 1 is 0.789 bits per heavy atom. The molecule has 2 radical (unpaired) electrons. The maximum atomic E-state index is 11.5. The van der Waals surface area contributed by atoms with Gasteiger partial charge in [-0.25, -0.2) is 0 Å². The molecule has 0 amide bonds. The molecule has 0 saturated carbocycles. The number of carbonyl (C=O) groups is 2. The van der Waals surface area contributed by atoms with Crippen LogP contribution in [0.15, 0.2) is 0 Å². The fraction of sp³-hybridized carbons (Fsp3) is 0.833. The second-order valence-electron chi connectivity index (χ2n) is 7.15. The van der Waals surface area contributed by atoms with E-state index in [1.807, 2.05) is 0 Å². The summed E-state index contributed by atoms with van der Waals surface area (Å²) in [6, 6.07) is 1.86. The van der Waals surface area contributed by atoms with Crippen LogP contribution in [0.1, 0.15) is 12.8 Å². The zero-order valence-electron chi connectivity index (χ0n) is 13.0. The molecule has 19 heavy (non-hydrogen) atoms. The van der Waals surface area contributed by atoms with Crippen molar-refractivity contribution in [3.8, 4) is 0 Å². The first-order valence-corrected chi connectivity index (χ1v) is 17.2. The second-order valence-corrected chi connectivity index (χ2v) is 20.6. The third-order valence-electron chi connectivity index (χ3n) is 2.47. The molecule has 7 heteroatoms. The minimum absolute atomic E-state index is 0.191. The third kappa shape index (κ3) is 14.5. The molecular formula is C12H26O4PbSi2. The monoisotopic (exact) mass is 498 g/mol. The van der Waals surface area contributed by atoms with Gasteiger partial charge in [-0.15, -0.1) is 0 Å². The van der Waals surface area contributed by atoms with Crippen LogP contribution in [0, 0.1) is 0 Å². The molecule has 0 heterocycles. The minimum atomic E-state index is -1.98. The van der Waals surface area contributed by atoms with Crippen molar-refractivity contribution in [1.82, 2.24) is 0 Å². The van der Waals surface area contributed by atoms with Gasteiger partial charge in [-0.2, -0.15) is 0 Å². The fourth-order valence-corrected chi connectivity index (χ4v) is 4.76. The first kappa shape index (κ1) is 19.3. The fourth-order valence-electron chi connectivity index (χ4n) is 1.17.